The molecule has 0 aliphatic heterocycles. The van der Waals surface area contributed by atoms with Crippen molar-refractivity contribution in [3.63, 3.8) is 0 Å². The lowest BCUT2D eigenvalue weighted by atomic mass is 10.2. The van der Waals surface area contributed by atoms with Gasteiger partial charge in [-0.2, -0.15) is 0 Å². The SMILES string of the molecule is CCc1nnsc1C(=O)O[C@H](C)C(=O)Nc1ccc(OCc2ccccc2)cc1. The van der Waals surface area contributed by atoms with E-state index in [-0.39, 0.29) is 0 Å². The Morgan fingerprint density at radius 3 is 2.52 bits per heavy atom. The summed E-state index contributed by atoms with van der Waals surface area (Å²) in [5.41, 5.74) is 2.22. The molecule has 1 aromatic heterocycles. The predicted molar refractivity (Wildman–Crippen MR) is 110 cm³/mol. The highest BCUT2D eigenvalue weighted by Crippen LogP contribution is 2.18. The Morgan fingerprint density at radius 2 is 1.83 bits per heavy atom. The van der Waals surface area contributed by atoms with E-state index in [1.54, 1.807) is 24.3 Å². The van der Waals surface area contributed by atoms with E-state index in [1.165, 1.54) is 6.92 Å². The first kappa shape index (κ1) is 20.5. The van der Waals surface area contributed by atoms with Crippen LogP contribution in [0.5, 0.6) is 5.75 Å². The maximum absolute atomic E-state index is 12.3. The molecule has 1 amide bonds. The molecule has 3 rings (SSSR count). The van der Waals surface area contributed by atoms with Crippen LogP contribution >= 0.6 is 11.5 Å². The molecule has 0 saturated heterocycles. The summed E-state index contributed by atoms with van der Waals surface area (Å²) in [6, 6.07) is 16.9. The maximum Gasteiger partial charge on any atom is 0.352 e. The Kier molecular flexibility index (Phi) is 6.91. The summed E-state index contributed by atoms with van der Waals surface area (Å²) in [6.07, 6.45) is -0.386. The van der Waals surface area contributed by atoms with Gasteiger partial charge in [0, 0.05) is 5.69 Å². The van der Waals surface area contributed by atoms with Crippen molar-refractivity contribution in [3.8, 4) is 5.75 Å². The molecular formula is C21H21N3O4S. The molecule has 0 unspecified atom stereocenters. The van der Waals surface area contributed by atoms with Gasteiger partial charge in [0.25, 0.3) is 5.91 Å². The van der Waals surface area contributed by atoms with Gasteiger partial charge in [-0.1, -0.05) is 41.7 Å². The van der Waals surface area contributed by atoms with Gasteiger partial charge in [0.2, 0.25) is 0 Å². The molecule has 0 spiro atoms. The van der Waals surface area contributed by atoms with Crippen LogP contribution in [-0.4, -0.2) is 27.6 Å². The van der Waals surface area contributed by atoms with Gasteiger partial charge in [0.05, 0.1) is 5.69 Å². The van der Waals surface area contributed by atoms with E-state index in [0.29, 0.717) is 35.0 Å². The molecule has 0 radical (unpaired) electrons. The van der Waals surface area contributed by atoms with Crippen molar-refractivity contribution in [1.29, 1.82) is 0 Å². The van der Waals surface area contributed by atoms with Crippen molar-refractivity contribution in [3.05, 3.63) is 70.7 Å². The van der Waals surface area contributed by atoms with Gasteiger partial charge in [-0.15, -0.1) is 5.10 Å². The Hall–Kier alpha value is -3.26. The number of nitrogens with zero attached hydrogens (tertiary/aromatic N) is 2. The minimum absolute atomic E-state index is 0.326. The number of aromatic nitrogens is 2. The van der Waals surface area contributed by atoms with E-state index in [4.69, 9.17) is 9.47 Å². The number of esters is 1. The third-order valence-electron chi connectivity index (χ3n) is 4.10. The predicted octanol–water partition coefficient (Wildman–Crippen LogP) is 3.86. The van der Waals surface area contributed by atoms with Crippen molar-refractivity contribution >= 4 is 29.1 Å². The van der Waals surface area contributed by atoms with E-state index in [9.17, 15) is 9.59 Å². The molecule has 1 N–H and O–H groups in total. The number of carbonyl (C=O) groups is 2. The Morgan fingerprint density at radius 1 is 1.10 bits per heavy atom. The second-order valence-electron chi connectivity index (χ2n) is 6.24. The summed E-state index contributed by atoms with van der Waals surface area (Å²) < 4.78 is 14.7. The molecule has 0 aliphatic rings. The monoisotopic (exact) mass is 411 g/mol. The number of nitrogens with one attached hydrogen (secondary N) is 1. The van der Waals surface area contributed by atoms with Gasteiger partial charge in [0.15, 0.2) is 11.0 Å². The third-order valence-corrected chi connectivity index (χ3v) is 4.85. The summed E-state index contributed by atoms with van der Waals surface area (Å²) in [6.45, 7) is 3.85. The van der Waals surface area contributed by atoms with Crippen LogP contribution in [0, 0.1) is 0 Å². The minimum Gasteiger partial charge on any atom is -0.489 e. The van der Waals surface area contributed by atoms with Gasteiger partial charge in [-0.25, -0.2) is 4.79 Å². The van der Waals surface area contributed by atoms with E-state index in [2.05, 4.69) is 14.9 Å². The summed E-state index contributed by atoms with van der Waals surface area (Å²) in [5, 5.41) is 6.60. The standard InChI is InChI=1S/C21H21N3O4S/c1-3-18-19(29-24-23-18)21(26)28-14(2)20(25)22-16-9-11-17(12-10-16)27-13-15-7-5-4-6-8-15/h4-12,14H,3,13H2,1-2H3,(H,22,25)/t14-/m1/s1. The molecule has 7 nitrogen and oxygen atoms in total. The highest BCUT2D eigenvalue weighted by atomic mass is 32.1. The van der Waals surface area contributed by atoms with Crippen molar-refractivity contribution in [2.45, 2.75) is 33.0 Å². The Labute approximate surface area is 172 Å². The molecule has 0 fully saturated rings. The number of benzene rings is 2. The van der Waals surface area contributed by atoms with Gasteiger partial charge < -0.3 is 14.8 Å². The average molecular weight is 411 g/mol. The van der Waals surface area contributed by atoms with E-state index in [0.717, 1.165) is 17.1 Å². The zero-order valence-electron chi connectivity index (χ0n) is 16.1. The molecule has 1 atom stereocenters. The second kappa shape index (κ2) is 9.79. The molecule has 0 saturated carbocycles. The number of anilines is 1. The zero-order valence-corrected chi connectivity index (χ0v) is 16.9. The second-order valence-corrected chi connectivity index (χ2v) is 6.99. The van der Waals surface area contributed by atoms with E-state index >= 15 is 0 Å². The summed E-state index contributed by atoms with van der Waals surface area (Å²) in [7, 11) is 0. The number of amides is 1. The lowest BCUT2D eigenvalue weighted by Gasteiger charge is -2.13. The minimum atomic E-state index is -0.955. The first-order chi connectivity index (χ1) is 14.1. The summed E-state index contributed by atoms with van der Waals surface area (Å²) in [4.78, 5) is 24.8. The molecule has 150 valence electrons. The smallest absolute Gasteiger partial charge is 0.352 e. The Bertz CT molecular complexity index is 958. The first-order valence-corrected chi connectivity index (χ1v) is 9.94. The van der Waals surface area contributed by atoms with E-state index < -0.39 is 18.0 Å². The van der Waals surface area contributed by atoms with Crippen LogP contribution in [0.4, 0.5) is 5.69 Å². The van der Waals surface area contributed by atoms with Crippen LogP contribution in [0.2, 0.25) is 0 Å². The van der Waals surface area contributed by atoms with Crippen LogP contribution in [-0.2, 0) is 22.6 Å². The van der Waals surface area contributed by atoms with Crippen molar-refractivity contribution in [2.75, 3.05) is 5.32 Å². The largest absolute Gasteiger partial charge is 0.489 e. The lowest BCUT2D eigenvalue weighted by molar-refractivity contribution is -0.123. The maximum atomic E-state index is 12.3. The molecule has 29 heavy (non-hydrogen) atoms. The fourth-order valence-corrected chi connectivity index (χ4v) is 3.12. The normalized spacial score (nSPS) is 11.5. The highest BCUT2D eigenvalue weighted by molar-refractivity contribution is 7.07. The topological polar surface area (TPSA) is 90.4 Å². The number of hydrogen-bond donors (Lipinski definition) is 1. The number of aryl methyl sites for hydroxylation is 1. The number of carbonyl (C=O) groups excluding carboxylic acids is 2. The zero-order chi connectivity index (χ0) is 20.6. The fraction of sp³-hybridized carbons (Fsp3) is 0.238. The number of rotatable bonds is 8. The van der Waals surface area contributed by atoms with Crippen LogP contribution < -0.4 is 10.1 Å². The summed E-state index contributed by atoms with van der Waals surface area (Å²) >= 11 is 0.963. The fourth-order valence-electron chi connectivity index (χ4n) is 2.48. The van der Waals surface area contributed by atoms with Gasteiger partial charge in [-0.3, -0.25) is 4.79 Å². The molecule has 3 aromatic rings. The number of ether oxygens (including phenoxy) is 2. The van der Waals surface area contributed by atoms with Crippen LogP contribution in [0.1, 0.15) is 34.8 Å². The van der Waals surface area contributed by atoms with E-state index in [1.807, 2.05) is 37.3 Å². The molecule has 1 heterocycles. The third kappa shape index (κ3) is 5.61. The molecule has 0 bridgehead atoms. The summed E-state index contributed by atoms with van der Waals surface area (Å²) in [5.74, 6) is -0.327. The van der Waals surface area contributed by atoms with Crippen LogP contribution in [0.25, 0.3) is 0 Å². The molecule has 2 aromatic carbocycles. The number of hydrogen-bond acceptors (Lipinski definition) is 7. The van der Waals surface area contributed by atoms with Crippen LogP contribution in [0.15, 0.2) is 54.6 Å². The molecule has 8 heteroatoms. The molecule has 0 aliphatic carbocycles. The van der Waals surface area contributed by atoms with Gasteiger partial charge in [0.1, 0.15) is 12.4 Å². The quantitative estimate of drug-likeness (QED) is 0.566. The van der Waals surface area contributed by atoms with Crippen molar-refractivity contribution in [2.24, 2.45) is 0 Å². The lowest BCUT2D eigenvalue weighted by Crippen LogP contribution is -2.30. The van der Waals surface area contributed by atoms with Crippen molar-refractivity contribution in [1.82, 2.24) is 9.59 Å². The Balaban J connectivity index is 1.51. The average Bonchev–Trinajstić information content (AvgIpc) is 3.23. The van der Waals surface area contributed by atoms with Gasteiger partial charge >= 0.3 is 5.97 Å². The first-order valence-electron chi connectivity index (χ1n) is 9.16. The van der Waals surface area contributed by atoms with Crippen LogP contribution in [0.3, 0.4) is 0 Å². The van der Waals surface area contributed by atoms with Crippen molar-refractivity contribution < 1.29 is 19.1 Å². The molecular weight excluding hydrogens is 390 g/mol. The highest BCUT2D eigenvalue weighted by Gasteiger charge is 2.23. The van der Waals surface area contributed by atoms with Gasteiger partial charge in [-0.05, 0) is 54.7 Å².